The van der Waals surface area contributed by atoms with Gasteiger partial charge < -0.3 is 10.2 Å². The average molecular weight is 482 g/mol. The molecule has 0 spiro atoms. The molecule has 0 fully saturated rings. The molecule has 0 aliphatic carbocycles. The van der Waals surface area contributed by atoms with Crippen LogP contribution in [0.15, 0.2) is 72.8 Å². The third-order valence-corrected chi connectivity index (χ3v) is 6.40. The zero-order valence-electron chi connectivity index (χ0n) is 21.8. The molecule has 2 aromatic rings. The molecule has 0 saturated heterocycles. The number of benzene rings is 2. The highest BCUT2D eigenvalue weighted by atomic mass is 16.7. The second-order valence-electron chi connectivity index (χ2n) is 9.58. The zero-order valence-corrected chi connectivity index (χ0v) is 21.8. The Balaban J connectivity index is 2.03. The first kappa shape index (κ1) is 29.3. The van der Waals surface area contributed by atoms with Crippen LogP contribution in [0.4, 0.5) is 0 Å². The highest BCUT2D eigenvalue weighted by Gasteiger charge is 2.30. The van der Waals surface area contributed by atoms with E-state index in [2.05, 4.69) is 31.2 Å². The molecule has 194 valence electrons. The van der Waals surface area contributed by atoms with Gasteiger partial charge in [0, 0.05) is 19.7 Å². The van der Waals surface area contributed by atoms with Gasteiger partial charge in [0.25, 0.3) is 0 Å². The molecule has 0 amide bonds. The lowest BCUT2D eigenvalue weighted by molar-refractivity contribution is -0.254. The molecule has 2 aromatic carbocycles. The van der Waals surface area contributed by atoms with E-state index < -0.39 is 5.60 Å². The van der Waals surface area contributed by atoms with Crippen molar-refractivity contribution in [1.82, 2.24) is 5.06 Å². The highest BCUT2D eigenvalue weighted by Crippen LogP contribution is 2.26. The summed E-state index contributed by atoms with van der Waals surface area (Å²) < 4.78 is 0. The predicted octanol–water partition coefficient (Wildman–Crippen LogP) is 7.21. The number of unbranched alkanes of at least 4 members (excludes halogenated alkanes) is 8. The normalized spacial score (nSPS) is 13.5. The second-order valence-corrected chi connectivity index (χ2v) is 9.58. The van der Waals surface area contributed by atoms with Gasteiger partial charge in [-0.2, -0.15) is 5.06 Å². The maximum atomic E-state index is 10.5. The number of aliphatic hydroxyl groups excluding tert-OH is 2. The molecule has 0 heterocycles. The van der Waals surface area contributed by atoms with Crippen LogP contribution in [0.25, 0.3) is 0 Å². The van der Waals surface area contributed by atoms with E-state index in [0.29, 0.717) is 19.5 Å². The second kappa shape index (κ2) is 18.3. The van der Waals surface area contributed by atoms with Crippen molar-refractivity contribution in [3.63, 3.8) is 0 Å². The third kappa shape index (κ3) is 12.5. The summed E-state index contributed by atoms with van der Waals surface area (Å²) in [5.41, 5.74) is 1.54. The van der Waals surface area contributed by atoms with Gasteiger partial charge in [0.1, 0.15) is 5.60 Å². The van der Waals surface area contributed by atoms with Crippen LogP contribution >= 0.6 is 0 Å². The molecule has 0 radical (unpaired) electrons. The molecule has 35 heavy (non-hydrogen) atoms. The fourth-order valence-electron chi connectivity index (χ4n) is 4.38. The topological polar surface area (TPSA) is 52.9 Å². The first-order valence-electron chi connectivity index (χ1n) is 13.6. The molecule has 0 saturated carbocycles. The molecule has 0 aromatic heterocycles. The predicted molar refractivity (Wildman–Crippen MR) is 146 cm³/mol. The summed E-state index contributed by atoms with van der Waals surface area (Å²) in [6.07, 6.45) is 16.5. The first-order valence-corrected chi connectivity index (χ1v) is 13.6. The monoisotopic (exact) mass is 481 g/mol. The quantitative estimate of drug-likeness (QED) is 0.119. The summed E-state index contributed by atoms with van der Waals surface area (Å²) in [6, 6.07) is 20.6. The molecule has 1 atom stereocenters. The number of rotatable bonds is 20. The highest BCUT2D eigenvalue weighted by molar-refractivity contribution is 5.17. The van der Waals surface area contributed by atoms with Crippen molar-refractivity contribution in [2.45, 2.75) is 96.2 Å². The van der Waals surface area contributed by atoms with Crippen LogP contribution in [-0.4, -0.2) is 34.1 Å². The molecular formula is C31H47NO3. The van der Waals surface area contributed by atoms with Gasteiger partial charge in [0.2, 0.25) is 0 Å². The molecule has 0 bridgehead atoms. The Hall–Kier alpha value is -1.98. The minimum atomic E-state index is -0.792. The Morgan fingerprint density at radius 3 is 1.74 bits per heavy atom. The van der Waals surface area contributed by atoms with Gasteiger partial charge in [-0.25, -0.2) is 0 Å². The van der Waals surface area contributed by atoms with E-state index in [1.165, 1.54) is 44.9 Å². The van der Waals surface area contributed by atoms with Crippen molar-refractivity contribution in [2.75, 3.05) is 13.2 Å². The maximum Gasteiger partial charge on any atom is 0.131 e. The molecule has 2 N–H and O–H groups in total. The smallest absolute Gasteiger partial charge is 0.131 e. The van der Waals surface area contributed by atoms with Crippen molar-refractivity contribution in [3.8, 4) is 0 Å². The van der Waals surface area contributed by atoms with Gasteiger partial charge in [0.15, 0.2) is 0 Å². The largest absolute Gasteiger partial charge is 0.396 e. The van der Waals surface area contributed by atoms with E-state index in [-0.39, 0.29) is 13.2 Å². The van der Waals surface area contributed by atoms with Crippen molar-refractivity contribution < 1.29 is 15.1 Å². The summed E-state index contributed by atoms with van der Waals surface area (Å²) in [4.78, 5) is 6.63. The summed E-state index contributed by atoms with van der Waals surface area (Å²) in [7, 11) is 0. The average Bonchev–Trinajstić information content (AvgIpc) is 2.89. The standard InChI is InChI=1S/C31H47NO3/c1-2-3-4-5-6-7-8-9-16-23-31(28-34,24-17-18-25-33)35-32(26-29-19-12-10-13-20-29)27-30-21-14-11-15-22-30/h10-15,17,19-22,24,33-34H,2-9,16,18,23,25-28H2,1H3/b24-17+/t31-/m1/s1. The summed E-state index contributed by atoms with van der Waals surface area (Å²) in [5, 5.41) is 21.8. The first-order chi connectivity index (χ1) is 17.2. The maximum absolute atomic E-state index is 10.5. The van der Waals surface area contributed by atoms with E-state index >= 15 is 0 Å². The number of hydroxylamine groups is 2. The number of aliphatic hydroxyl groups is 2. The van der Waals surface area contributed by atoms with Gasteiger partial charge in [-0.3, -0.25) is 4.84 Å². The minimum Gasteiger partial charge on any atom is -0.396 e. The van der Waals surface area contributed by atoms with E-state index in [1.54, 1.807) is 0 Å². The Morgan fingerprint density at radius 1 is 0.743 bits per heavy atom. The molecule has 0 aliphatic heterocycles. The molecular weight excluding hydrogens is 434 g/mol. The number of nitrogens with zero attached hydrogens (tertiary/aromatic N) is 1. The Bertz CT molecular complexity index is 739. The van der Waals surface area contributed by atoms with E-state index in [1.807, 2.05) is 53.6 Å². The van der Waals surface area contributed by atoms with Crippen molar-refractivity contribution in [3.05, 3.63) is 83.9 Å². The van der Waals surface area contributed by atoms with Gasteiger partial charge in [0.05, 0.1) is 6.61 Å². The van der Waals surface area contributed by atoms with Crippen LogP contribution in [-0.2, 0) is 17.9 Å². The lowest BCUT2D eigenvalue weighted by atomic mass is 9.95. The fraction of sp³-hybridized carbons (Fsp3) is 0.548. The van der Waals surface area contributed by atoms with E-state index in [4.69, 9.17) is 4.84 Å². The Labute approximate surface area is 213 Å². The zero-order chi connectivity index (χ0) is 25.0. The molecule has 4 heteroatoms. The SMILES string of the molecule is CCCCCCCCCCC[C@@](/C=C/CCO)(CO)ON(Cc1ccccc1)Cc1ccccc1. The molecule has 0 unspecified atom stereocenters. The molecule has 0 aliphatic rings. The van der Waals surface area contributed by atoms with E-state index in [9.17, 15) is 10.2 Å². The Kier molecular flexibility index (Phi) is 15.3. The van der Waals surface area contributed by atoms with E-state index in [0.717, 1.165) is 30.4 Å². The van der Waals surface area contributed by atoms with Crippen molar-refractivity contribution in [2.24, 2.45) is 0 Å². The van der Waals surface area contributed by atoms with Crippen LogP contribution in [0, 0.1) is 0 Å². The summed E-state index contributed by atoms with van der Waals surface area (Å²) >= 11 is 0. The summed E-state index contributed by atoms with van der Waals surface area (Å²) in [6.45, 7) is 3.51. The van der Waals surface area contributed by atoms with Gasteiger partial charge in [-0.05, 0) is 24.0 Å². The van der Waals surface area contributed by atoms with Crippen molar-refractivity contribution >= 4 is 0 Å². The molecule has 2 rings (SSSR count). The molecule has 4 nitrogen and oxygen atoms in total. The number of hydrogen-bond acceptors (Lipinski definition) is 4. The Morgan fingerprint density at radius 2 is 1.26 bits per heavy atom. The van der Waals surface area contributed by atoms with Crippen LogP contribution in [0.2, 0.25) is 0 Å². The van der Waals surface area contributed by atoms with Crippen LogP contribution in [0.3, 0.4) is 0 Å². The lowest BCUT2D eigenvalue weighted by Gasteiger charge is -2.35. The van der Waals surface area contributed by atoms with Gasteiger partial charge >= 0.3 is 0 Å². The lowest BCUT2D eigenvalue weighted by Crippen LogP contribution is -2.42. The fourth-order valence-corrected chi connectivity index (χ4v) is 4.38. The summed E-state index contributed by atoms with van der Waals surface area (Å²) in [5.74, 6) is 0. The van der Waals surface area contributed by atoms with Crippen molar-refractivity contribution in [1.29, 1.82) is 0 Å². The van der Waals surface area contributed by atoms with Crippen LogP contribution in [0.1, 0.15) is 88.7 Å². The van der Waals surface area contributed by atoms with Crippen LogP contribution < -0.4 is 0 Å². The van der Waals surface area contributed by atoms with Crippen LogP contribution in [0.5, 0.6) is 0 Å². The number of hydrogen-bond donors (Lipinski definition) is 2. The third-order valence-electron chi connectivity index (χ3n) is 6.40. The van der Waals surface area contributed by atoms with Gasteiger partial charge in [-0.1, -0.05) is 138 Å². The van der Waals surface area contributed by atoms with Gasteiger partial charge in [-0.15, -0.1) is 0 Å². The minimum absolute atomic E-state index is 0.0911.